The minimum Gasteiger partial charge on any atom is -0.489 e. The molecule has 0 aromatic heterocycles. The summed E-state index contributed by atoms with van der Waals surface area (Å²) >= 11 is 0. The largest absolute Gasteiger partial charge is 0.489 e. The lowest BCUT2D eigenvalue weighted by atomic mass is 9.97. The van der Waals surface area contributed by atoms with E-state index in [0.717, 1.165) is 5.75 Å². The first kappa shape index (κ1) is 23.9. The normalized spacial score (nSPS) is 15.6. The molecule has 1 N–H and O–H groups in total. The number of ether oxygens (including phenoxy) is 2. The zero-order chi connectivity index (χ0) is 22.0. The van der Waals surface area contributed by atoms with Gasteiger partial charge in [-0.25, -0.2) is 0 Å². The summed E-state index contributed by atoms with van der Waals surface area (Å²) in [5.41, 5.74) is 1.09. The average molecular weight is 423 g/mol. The molecule has 0 radical (unpaired) electrons. The third-order valence-electron chi connectivity index (χ3n) is 5.02. The summed E-state index contributed by atoms with van der Waals surface area (Å²) in [6.45, 7) is 6.68. The summed E-state index contributed by atoms with van der Waals surface area (Å²) in [6.07, 6.45) is 4.66. The molecule has 168 valence electrons. The lowest BCUT2D eigenvalue weighted by molar-refractivity contribution is -0.757. The lowest BCUT2D eigenvalue weighted by Gasteiger charge is -2.26. The number of hydrogen-bond donors (Lipinski definition) is 1. The molecule has 0 spiro atoms. The van der Waals surface area contributed by atoms with Crippen LogP contribution in [0, 0.1) is 10.1 Å². The van der Waals surface area contributed by atoms with Crippen LogP contribution in [0.1, 0.15) is 70.8 Å². The first-order valence-corrected chi connectivity index (χ1v) is 10.7. The maximum atomic E-state index is 12.2. The van der Waals surface area contributed by atoms with Crippen molar-refractivity contribution in [1.29, 1.82) is 0 Å². The van der Waals surface area contributed by atoms with E-state index in [2.05, 4.69) is 16.2 Å². The Morgan fingerprint density at radius 3 is 2.63 bits per heavy atom. The number of nitrogens with zero attached hydrogens (tertiary/aromatic N) is 1. The summed E-state index contributed by atoms with van der Waals surface area (Å²) in [4.78, 5) is 26.6. The highest BCUT2D eigenvalue weighted by atomic mass is 16.9. The molecule has 1 fully saturated rings. The molecule has 0 bridgehead atoms. The van der Waals surface area contributed by atoms with Crippen molar-refractivity contribution in [3.8, 4) is 5.75 Å². The van der Waals surface area contributed by atoms with Gasteiger partial charge in [0.15, 0.2) is 0 Å². The van der Waals surface area contributed by atoms with E-state index < -0.39 is 17.2 Å². The first-order chi connectivity index (χ1) is 14.2. The quantitative estimate of drug-likeness (QED) is 0.235. The maximum Gasteiger partial charge on any atom is 0.306 e. The van der Waals surface area contributed by atoms with Crippen LogP contribution < -0.4 is 10.1 Å². The third-order valence-corrected chi connectivity index (χ3v) is 5.02. The van der Waals surface area contributed by atoms with Crippen molar-refractivity contribution in [3.63, 3.8) is 0 Å². The smallest absolute Gasteiger partial charge is 0.306 e. The van der Waals surface area contributed by atoms with Crippen LogP contribution in [0.15, 0.2) is 24.3 Å². The maximum absolute atomic E-state index is 12.2. The molecule has 8 nitrogen and oxygen atoms in total. The molecule has 0 saturated heterocycles. The summed E-state index contributed by atoms with van der Waals surface area (Å²) in [5, 5.41) is 12.7. The molecule has 1 aliphatic rings. The average Bonchev–Trinajstić information content (AvgIpc) is 3.21. The van der Waals surface area contributed by atoms with E-state index in [1.54, 1.807) is 0 Å². The molecule has 1 saturated carbocycles. The number of carbonyl (C=O) groups excluding carboxylic acids is 1. The number of nitrogens with one attached hydrogen (secondary N) is 1. The van der Waals surface area contributed by atoms with E-state index in [9.17, 15) is 14.9 Å². The first-order valence-electron chi connectivity index (χ1n) is 10.7. The Labute approximate surface area is 178 Å². The number of carbonyl (C=O) groups is 1. The van der Waals surface area contributed by atoms with Gasteiger partial charge in [-0.1, -0.05) is 31.0 Å². The summed E-state index contributed by atoms with van der Waals surface area (Å²) < 4.78 is 11.7. The van der Waals surface area contributed by atoms with Gasteiger partial charge in [-0.3, -0.25) is 4.79 Å². The molecule has 0 aliphatic heterocycles. The van der Waals surface area contributed by atoms with Crippen LogP contribution >= 0.6 is 0 Å². The standard InChI is InChI=1S/C22H34N2O6/c1-22(2,3)23-15-18(30-21(25)13-8-14-29-24(26)27)16-28-20-12-7-6-11-19(20)17-9-4-5-10-17/h6-7,11-12,17-18,23H,4-5,8-10,13-16H2,1-3H3. The fourth-order valence-corrected chi connectivity index (χ4v) is 3.52. The monoisotopic (exact) mass is 422 g/mol. The van der Waals surface area contributed by atoms with E-state index in [4.69, 9.17) is 9.47 Å². The Bertz CT molecular complexity index is 682. The van der Waals surface area contributed by atoms with E-state index in [-0.39, 0.29) is 31.6 Å². The van der Waals surface area contributed by atoms with Gasteiger partial charge in [0, 0.05) is 18.5 Å². The van der Waals surface area contributed by atoms with E-state index in [1.807, 2.05) is 39.0 Å². The van der Waals surface area contributed by atoms with Crippen LogP contribution in [0.5, 0.6) is 5.75 Å². The Morgan fingerprint density at radius 1 is 1.27 bits per heavy atom. The SMILES string of the molecule is CC(C)(C)NCC(COc1ccccc1C1CCCC1)OC(=O)CCCO[N+](=O)[O-]. The fraction of sp³-hybridized carbons (Fsp3) is 0.682. The number of benzene rings is 1. The fourth-order valence-electron chi connectivity index (χ4n) is 3.52. The van der Waals surface area contributed by atoms with Crippen molar-refractivity contribution >= 4 is 5.97 Å². The van der Waals surface area contributed by atoms with Gasteiger partial charge in [0.1, 0.15) is 18.5 Å². The molecule has 1 aromatic rings. The molecule has 1 atom stereocenters. The molecule has 1 aliphatic carbocycles. The van der Waals surface area contributed by atoms with Gasteiger partial charge in [0.05, 0.1) is 6.61 Å². The van der Waals surface area contributed by atoms with Crippen LogP contribution in [0.2, 0.25) is 0 Å². The van der Waals surface area contributed by atoms with Crippen LogP contribution in [0.4, 0.5) is 0 Å². The highest BCUT2D eigenvalue weighted by Crippen LogP contribution is 2.38. The Kier molecular flexibility index (Phi) is 9.36. The Morgan fingerprint density at radius 2 is 1.97 bits per heavy atom. The molecule has 8 heteroatoms. The minimum atomic E-state index is -0.864. The topological polar surface area (TPSA) is 99.9 Å². The Balaban J connectivity index is 1.93. The van der Waals surface area contributed by atoms with Crippen LogP contribution in [-0.4, -0.2) is 42.5 Å². The number of hydrogen-bond acceptors (Lipinski definition) is 7. The van der Waals surface area contributed by atoms with Gasteiger partial charge in [-0.05, 0) is 57.6 Å². The predicted molar refractivity (Wildman–Crippen MR) is 113 cm³/mol. The third kappa shape index (κ3) is 8.98. The van der Waals surface area contributed by atoms with E-state index in [1.165, 1.54) is 31.2 Å². The van der Waals surface area contributed by atoms with Crippen molar-refractivity contribution in [3.05, 3.63) is 39.9 Å². The van der Waals surface area contributed by atoms with Gasteiger partial charge in [0.2, 0.25) is 0 Å². The molecular weight excluding hydrogens is 388 g/mol. The highest BCUT2D eigenvalue weighted by Gasteiger charge is 2.23. The van der Waals surface area contributed by atoms with Gasteiger partial charge in [-0.15, -0.1) is 10.1 Å². The van der Waals surface area contributed by atoms with Crippen molar-refractivity contribution in [1.82, 2.24) is 5.32 Å². The second-order valence-corrected chi connectivity index (χ2v) is 8.73. The molecule has 1 aromatic carbocycles. The zero-order valence-corrected chi connectivity index (χ0v) is 18.2. The molecule has 30 heavy (non-hydrogen) atoms. The van der Waals surface area contributed by atoms with Crippen LogP contribution in [-0.2, 0) is 14.4 Å². The van der Waals surface area contributed by atoms with E-state index >= 15 is 0 Å². The van der Waals surface area contributed by atoms with Gasteiger partial charge >= 0.3 is 5.97 Å². The van der Waals surface area contributed by atoms with Crippen molar-refractivity contribution < 1.29 is 24.2 Å². The molecule has 0 amide bonds. The summed E-state index contributed by atoms with van der Waals surface area (Å²) in [6, 6.07) is 8.08. The Hall–Kier alpha value is -2.35. The minimum absolute atomic E-state index is 0.0541. The summed E-state index contributed by atoms with van der Waals surface area (Å²) in [7, 11) is 0. The highest BCUT2D eigenvalue weighted by molar-refractivity contribution is 5.69. The van der Waals surface area contributed by atoms with Gasteiger partial charge in [-0.2, -0.15) is 0 Å². The van der Waals surface area contributed by atoms with Crippen molar-refractivity contribution in [2.45, 2.75) is 76.9 Å². The predicted octanol–water partition coefficient (Wildman–Crippen LogP) is 4.01. The second kappa shape index (κ2) is 11.7. The summed E-state index contributed by atoms with van der Waals surface area (Å²) in [5.74, 6) is 0.951. The van der Waals surface area contributed by atoms with E-state index in [0.29, 0.717) is 12.5 Å². The molecular formula is C22H34N2O6. The number of esters is 1. The van der Waals surface area contributed by atoms with Crippen LogP contribution in [0.3, 0.4) is 0 Å². The lowest BCUT2D eigenvalue weighted by Crippen LogP contribution is -2.44. The van der Waals surface area contributed by atoms with Gasteiger partial charge < -0.3 is 19.6 Å². The number of rotatable bonds is 12. The molecule has 2 rings (SSSR count). The van der Waals surface area contributed by atoms with Crippen LogP contribution in [0.25, 0.3) is 0 Å². The van der Waals surface area contributed by atoms with Gasteiger partial charge in [0.25, 0.3) is 5.09 Å². The number of para-hydroxylation sites is 1. The second-order valence-electron chi connectivity index (χ2n) is 8.73. The zero-order valence-electron chi connectivity index (χ0n) is 18.2. The molecule has 0 heterocycles. The van der Waals surface area contributed by atoms with Crippen molar-refractivity contribution in [2.24, 2.45) is 0 Å². The molecule has 1 unspecified atom stereocenters. The van der Waals surface area contributed by atoms with Crippen molar-refractivity contribution in [2.75, 3.05) is 19.8 Å².